The molecule has 3 heteroatoms. The molecule has 74 valence electrons. The number of benzene rings is 1. The minimum absolute atomic E-state index is 0.461. The maximum absolute atomic E-state index is 9.57. The van der Waals surface area contributed by atoms with E-state index in [0.717, 1.165) is 5.56 Å². The Morgan fingerprint density at radius 3 is 2.64 bits per heavy atom. The largest absolute Gasteiger partial charge is 0.399 e. The number of hydrogen-bond donors (Lipinski definition) is 1. The SMILES string of the molecule is C=CC(O)/C(=N/OC)c1ccccc1. The minimum atomic E-state index is -0.808. The number of aliphatic hydroxyl groups is 1. The van der Waals surface area contributed by atoms with Gasteiger partial charge in [-0.2, -0.15) is 0 Å². The van der Waals surface area contributed by atoms with Gasteiger partial charge in [-0.1, -0.05) is 41.6 Å². The van der Waals surface area contributed by atoms with Crippen molar-refractivity contribution in [2.45, 2.75) is 6.10 Å². The van der Waals surface area contributed by atoms with Crippen LogP contribution in [0, 0.1) is 0 Å². The Labute approximate surface area is 83.3 Å². The third-order valence-electron chi connectivity index (χ3n) is 1.76. The third kappa shape index (κ3) is 2.44. The number of oxime groups is 1. The Hall–Kier alpha value is -1.61. The highest BCUT2D eigenvalue weighted by Crippen LogP contribution is 2.06. The van der Waals surface area contributed by atoms with Crippen molar-refractivity contribution in [3.8, 4) is 0 Å². The minimum Gasteiger partial charge on any atom is -0.399 e. The van der Waals surface area contributed by atoms with Crippen LogP contribution in [-0.4, -0.2) is 24.0 Å². The molecule has 1 rings (SSSR count). The van der Waals surface area contributed by atoms with Gasteiger partial charge in [-0.25, -0.2) is 0 Å². The van der Waals surface area contributed by atoms with E-state index >= 15 is 0 Å². The summed E-state index contributed by atoms with van der Waals surface area (Å²) >= 11 is 0. The summed E-state index contributed by atoms with van der Waals surface area (Å²) < 4.78 is 0. The number of aliphatic hydroxyl groups excluding tert-OH is 1. The van der Waals surface area contributed by atoms with E-state index in [1.54, 1.807) is 0 Å². The summed E-state index contributed by atoms with van der Waals surface area (Å²) in [6.45, 7) is 3.50. The van der Waals surface area contributed by atoms with Gasteiger partial charge in [0.2, 0.25) is 0 Å². The summed E-state index contributed by atoms with van der Waals surface area (Å²) in [4.78, 5) is 4.66. The van der Waals surface area contributed by atoms with Gasteiger partial charge >= 0.3 is 0 Å². The summed E-state index contributed by atoms with van der Waals surface area (Å²) in [6, 6.07) is 9.34. The first-order chi connectivity index (χ1) is 6.79. The highest BCUT2D eigenvalue weighted by atomic mass is 16.6. The molecule has 0 radical (unpaired) electrons. The molecule has 1 aromatic rings. The molecule has 3 nitrogen and oxygen atoms in total. The topological polar surface area (TPSA) is 41.8 Å². The fourth-order valence-corrected chi connectivity index (χ4v) is 1.10. The van der Waals surface area contributed by atoms with Gasteiger partial charge in [0.1, 0.15) is 18.9 Å². The molecule has 1 atom stereocenters. The average Bonchev–Trinajstić information content (AvgIpc) is 2.26. The van der Waals surface area contributed by atoms with Crippen LogP contribution in [-0.2, 0) is 4.84 Å². The van der Waals surface area contributed by atoms with E-state index in [1.165, 1.54) is 13.2 Å². The van der Waals surface area contributed by atoms with E-state index in [0.29, 0.717) is 5.71 Å². The molecule has 0 aromatic heterocycles. The van der Waals surface area contributed by atoms with E-state index in [9.17, 15) is 5.11 Å². The quantitative estimate of drug-likeness (QED) is 0.446. The first-order valence-corrected chi connectivity index (χ1v) is 4.26. The standard InChI is InChI=1S/C11H13NO2/c1-3-10(13)11(12-14-2)9-7-5-4-6-8-9/h3-8,10,13H,1H2,2H3/b12-11+. The Bertz CT molecular complexity index is 319. The molecule has 1 unspecified atom stereocenters. The Kier molecular flexibility index (Phi) is 3.88. The van der Waals surface area contributed by atoms with Crippen LogP contribution in [0.2, 0.25) is 0 Å². The summed E-state index contributed by atoms with van der Waals surface area (Å²) in [5, 5.41) is 13.3. The number of hydrogen-bond acceptors (Lipinski definition) is 3. The average molecular weight is 191 g/mol. The molecular formula is C11H13NO2. The molecule has 0 saturated carbocycles. The second kappa shape index (κ2) is 5.19. The van der Waals surface area contributed by atoms with Gasteiger partial charge in [-0.05, 0) is 0 Å². The predicted molar refractivity (Wildman–Crippen MR) is 56.2 cm³/mol. The number of nitrogens with zero attached hydrogens (tertiary/aromatic N) is 1. The summed E-state index contributed by atoms with van der Waals surface area (Å²) in [5.41, 5.74) is 1.28. The molecule has 0 fully saturated rings. The molecule has 1 aromatic carbocycles. The van der Waals surface area contributed by atoms with Crippen molar-refractivity contribution in [2.75, 3.05) is 7.11 Å². The van der Waals surface area contributed by atoms with Crippen LogP contribution >= 0.6 is 0 Å². The lowest BCUT2D eigenvalue weighted by Crippen LogP contribution is -2.19. The lowest BCUT2D eigenvalue weighted by molar-refractivity contribution is 0.204. The van der Waals surface area contributed by atoms with E-state index in [2.05, 4.69) is 16.6 Å². The normalized spacial score (nSPS) is 13.4. The smallest absolute Gasteiger partial charge is 0.119 e. The first-order valence-electron chi connectivity index (χ1n) is 4.26. The Morgan fingerprint density at radius 1 is 1.50 bits per heavy atom. The van der Waals surface area contributed by atoms with Crippen LogP contribution in [0.4, 0.5) is 0 Å². The Balaban J connectivity index is 3.01. The van der Waals surface area contributed by atoms with Crippen LogP contribution < -0.4 is 0 Å². The van der Waals surface area contributed by atoms with Gasteiger partial charge in [0.25, 0.3) is 0 Å². The molecular weight excluding hydrogens is 178 g/mol. The molecule has 14 heavy (non-hydrogen) atoms. The second-order valence-electron chi connectivity index (χ2n) is 2.71. The molecule has 0 heterocycles. The molecule has 0 aliphatic rings. The highest BCUT2D eigenvalue weighted by Gasteiger charge is 2.11. The lowest BCUT2D eigenvalue weighted by Gasteiger charge is -2.08. The van der Waals surface area contributed by atoms with Gasteiger partial charge < -0.3 is 9.94 Å². The third-order valence-corrected chi connectivity index (χ3v) is 1.76. The predicted octanol–water partition coefficient (Wildman–Crippen LogP) is 1.58. The zero-order valence-corrected chi connectivity index (χ0v) is 8.05. The first kappa shape index (κ1) is 10.5. The van der Waals surface area contributed by atoms with E-state index in [1.807, 2.05) is 30.3 Å². The van der Waals surface area contributed by atoms with Crippen molar-refractivity contribution in [3.05, 3.63) is 48.6 Å². The van der Waals surface area contributed by atoms with Crippen LogP contribution in [0.15, 0.2) is 48.1 Å². The molecule has 0 aliphatic carbocycles. The zero-order chi connectivity index (χ0) is 10.4. The van der Waals surface area contributed by atoms with Gasteiger partial charge in [-0.15, -0.1) is 6.58 Å². The Morgan fingerprint density at radius 2 is 2.14 bits per heavy atom. The molecule has 0 bridgehead atoms. The monoisotopic (exact) mass is 191 g/mol. The summed E-state index contributed by atoms with van der Waals surface area (Å²) in [7, 11) is 1.44. The molecule has 0 amide bonds. The van der Waals surface area contributed by atoms with E-state index in [4.69, 9.17) is 0 Å². The van der Waals surface area contributed by atoms with Crippen LogP contribution in [0.1, 0.15) is 5.56 Å². The zero-order valence-electron chi connectivity index (χ0n) is 8.05. The van der Waals surface area contributed by atoms with Gasteiger partial charge in [-0.3, -0.25) is 0 Å². The van der Waals surface area contributed by atoms with Crippen molar-refractivity contribution < 1.29 is 9.94 Å². The fraction of sp³-hybridized carbons (Fsp3) is 0.182. The summed E-state index contributed by atoms with van der Waals surface area (Å²) in [5.74, 6) is 0. The van der Waals surface area contributed by atoms with Gasteiger partial charge in [0.15, 0.2) is 0 Å². The number of rotatable bonds is 4. The van der Waals surface area contributed by atoms with Crippen molar-refractivity contribution in [1.29, 1.82) is 0 Å². The molecule has 0 spiro atoms. The molecule has 1 N–H and O–H groups in total. The van der Waals surface area contributed by atoms with E-state index in [-0.39, 0.29) is 0 Å². The van der Waals surface area contributed by atoms with E-state index < -0.39 is 6.10 Å². The molecule has 0 aliphatic heterocycles. The maximum Gasteiger partial charge on any atom is 0.119 e. The van der Waals surface area contributed by atoms with Crippen LogP contribution in [0.25, 0.3) is 0 Å². The van der Waals surface area contributed by atoms with Crippen molar-refractivity contribution in [2.24, 2.45) is 5.16 Å². The van der Waals surface area contributed by atoms with Gasteiger partial charge in [0, 0.05) is 5.56 Å². The van der Waals surface area contributed by atoms with Gasteiger partial charge in [0.05, 0.1) is 0 Å². The molecule has 0 saturated heterocycles. The maximum atomic E-state index is 9.57. The summed E-state index contributed by atoms with van der Waals surface area (Å²) in [6.07, 6.45) is 0.600. The van der Waals surface area contributed by atoms with Crippen molar-refractivity contribution in [1.82, 2.24) is 0 Å². The van der Waals surface area contributed by atoms with Crippen LogP contribution in [0.3, 0.4) is 0 Å². The fourth-order valence-electron chi connectivity index (χ4n) is 1.10. The van der Waals surface area contributed by atoms with Crippen LogP contribution in [0.5, 0.6) is 0 Å². The van der Waals surface area contributed by atoms with Crippen molar-refractivity contribution in [3.63, 3.8) is 0 Å². The second-order valence-corrected chi connectivity index (χ2v) is 2.71. The van der Waals surface area contributed by atoms with Crippen molar-refractivity contribution >= 4 is 5.71 Å². The lowest BCUT2D eigenvalue weighted by atomic mass is 10.1. The highest BCUT2D eigenvalue weighted by molar-refractivity contribution is 6.04.